The molecule has 10 heteroatoms. The average Bonchev–Trinajstić information content (AvgIpc) is 3.32. The van der Waals surface area contributed by atoms with Crippen LogP contribution in [0, 0.1) is 11.7 Å². The number of rotatable bonds is 5. The van der Waals surface area contributed by atoms with Crippen LogP contribution in [0.5, 0.6) is 0 Å². The molecule has 0 aliphatic heterocycles. The highest BCUT2D eigenvalue weighted by Gasteiger charge is 2.67. The van der Waals surface area contributed by atoms with Gasteiger partial charge in [-0.05, 0) is 66.2 Å². The number of benzene rings is 3. The van der Waals surface area contributed by atoms with E-state index in [1.807, 2.05) is 0 Å². The van der Waals surface area contributed by atoms with Gasteiger partial charge in [0.05, 0.1) is 16.6 Å². The van der Waals surface area contributed by atoms with Crippen LogP contribution in [-0.4, -0.2) is 16.1 Å². The van der Waals surface area contributed by atoms with Gasteiger partial charge in [0.2, 0.25) is 5.91 Å². The van der Waals surface area contributed by atoms with Gasteiger partial charge >= 0.3 is 0 Å². The molecule has 2 N–H and O–H groups in total. The average molecular weight is 547 g/mol. The molecule has 1 fully saturated rings. The lowest BCUT2D eigenvalue weighted by atomic mass is 10.1. The molecule has 2 amide bonds. The second-order valence-electron chi connectivity index (χ2n) is 7.48. The molecular formula is C23H14Cl5FN2O2. The highest BCUT2D eigenvalue weighted by Crippen LogP contribution is 2.65. The summed E-state index contributed by atoms with van der Waals surface area (Å²) in [5.41, 5.74) is 1.50. The molecule has 0 spiro atoms. The second kappa shape index (κ2) is 9.32. The van der Waals surface area contributed by atoms with Gasteiger partial charge in [0.15, 0.2) is 0 Å². The van der Waals surface area contributed by atoms with Gasteiger partial charge in [0.1, 0.15) is 10.2 Å². The number of carbonyl (C=O) groups excluding carboxylic acids is 2. The summed E-state index contributed by atoms with van der Waals surface area (Å²) in [5, 5.41) is 6.35. The van der Waals surface area contributed by atoms with E-state index in [2.05, 4.69) is 10.6 Å². The maximum Gasteiger partial charge on any atom is 0.255 e. The van der Waals surface area contributed by atoms with E-state index in [1.165, 1.54) is 42.5 Å². The Kier molecular flexibility index (Phi) is 6.81. The van der Waals surface area contributed by atoms with Gasteiger partial charge in [-0.2, -0.15) is 0 Å². The minimum atomic E-state index is -1.36. The van der Waals surface area contributed by atoms with E-state index in [9.17, 15) is 14.0 Å². The van der Waals surface area contributed by atoms with Gasteiger partial charge < -0.3 is 10.6 Å². The summed E-state index contributed by atoms with van der Waals surface area (Å²) < 4.78 is 11.7. The fourth-order valence-electron chi connectivity index (χ4n) is 3.53. The van der Waals surface area contributed by atoms with Crippen LogP contribution in [0.4, 0.5) is 15.8 Å². The molecule has 0 saturated heterocycles. The molecule has 170 valence electrons. The van der Waals surface area contributed by atoms with Crippen molar-refractivity contribution in [2.75, 3.05) is 10.6 Å². The Labute approximate surface area is 213 Å². The number of anilines is 2. The van der Waals surface area contributed by atoms with E-state index in [0.717, 1.165) is 0 Å². The van der Waals surface area contributed by atoms with E-state index in [4.69, 9.17) is 58.0 Å². The van der Waals surface area contributed by atoms with Crippen LogP contribution in [0.15, 0.2) is 60.7 Å². The van der Waals surface area contributed by atoms with Gasteiger partial charge in [-0.15, -0.1) is 23.2 Å². The Morgan fingerprint density at radius 3 is 2.12 bits per heavy atom. The molecule has 4 nitrogen and oxygen atoms in total. The zero-order valence-corrected chi connectivity index (χ0v) is 20.3. The number of halogens is 6. The van der Waals surface area contributed by atoms with E-state index in [-0.39, 0.29) is 16.3 Å². The number of nitrogens with one attached hydrogen (secondary N) is 2. The normalized spacial score (nSPS) is 18.5. The van der Waals surface area contributed by atoms with Crippen LogP contribution in [0.3, 0.4) is 0 Å². The molecule has 0 radical (unpaired) electrons. The highest BCUT2D eigenvalue weighted by molar-refractivity contribution is 6.53. The number of alkyl halides is 2. The quantitative estimate of drug-likeness (QED) is 0.325. The Bertz CT molecular complexity index is 1230. The first-order chi connectivity index (χ1) is 15.6. The molecule has 0 heterocycles. The molecular weight excluding hydrogens is 533 g/mol. The fraction of sp³-hybridized carbons (Fsp3) is 0.130. The predicted octanol–water partition coefficient (Wildman–Crippen LogP) is 7.56. The maximum absolute atomic E-state index is 13.1. The molecule has 0 aromatic heterocycles. The summed E-state index contributed by atoms with van der Waals surface area (Å²) >= 11 is 31.1. The molecule has 1 saturated carbocycles. The van der Waals surface area contributed by atoms with Crippen molar-refractivity contribution in [1.29, 1.82) is 0 Å². The number of carbonyl (C=O) groups is 2. The summed E-state index contributed by atoms with van der Waals surface area (Å²) in [5.74, 6) is -2.67. The summed E-state index contributed by atoms with van der Waals surface area (Å²) in [7, 11) is 0. The summed E-state index contributed by atoms with van der Waals surface area (Å²) in [4.78, 5) is 25.5. The van der Waals surface area contributed by atoms with E-state index >= 15 is 0 Å². The molecule has 1 aliphatic carbocycles. The lowest BCUT2D eigenvalue weighted by Gasteiger charge is -2.10. The minimum absolute atomic E-state index is 0.215. The van der Waals surface area contributed by atoms with Crippen molar-refractivity contribution in [2.45, 2.75) is 10.3 Å². The summed E-state index contributed by atoms with van der Waals surface area (Å²) in [6.45, 7) is 0. The Morgan fingerprint density at radius 1 is 0.848 bits per heavy atom. The van der Waals surface area contributed by atoms with E-state index in [0.29, 0.717) is 21.3 Å². The SMILES string of the molecule is O=C(Nc1ccc(F)cc1)c1ccc(Cl)c(NC(=O)C2C(c3cc(Cl)cc(Cl)c3)C2(Cl)Cl)c1. The number of hydrogen-bond donors (Lipinski definition) is 2. The van der Waals surface area contributed by atoms with Crippen molar-refractivity contribution in [3.63, 3.8) is 0 Å². The van der Waals surface area contributed by atoms with Gasteiger partial charge in [0, 0.05) is 27.2 Å². The van der Waals surface area contributed by atoms with Crippen LogP contribution >= 0.6 is 58.0 Å². The molecule has 0 bridgehead atoms. The number of amides is 2. The third kappa shape index (κ3) is 5.23. The van der Waals surface area contributed by atoms with E-state index < -0.39 is 33.8 Å². The molecule has 2 unspecified atom stereocenters. The highest BCUT2D eigenvalue weighted by atomic mass is 35.5. The largest absolute Gasteiger partial charge is 0.324 e. The van der Waals surface area contributed by atoms with Gasteiger partial charge in [-0.3, -0.25) is 9.59 Å². The van der Waals surface area contributed by atoms with Gasteiger partial charge in [-0.25, -0.2) is 4.39 Å². The Hall–Kier alpha value is -2.02. The lowest BCUT2D eigenvalue weighted by Crippen LogP contribution is -2.18. The van der Waals surface area contributed by atoms with Crippen molar-refractivity contribution in [1.82, 2.24) is 0 Å². The first kappa shape index (κ1) is 24.1. The molecule has 4 rings (SSSR count). The van der Waals surface area contributed by atoms with E-state index in [1.54, 1.807) is 18.2 Å². The first-order valence-electron chi connectivity index (χ1n) is 9.57. The van der Waals surface area contributed by atoms with Gasteiger partial charge in [0.25, 0.3) is 5.91 Å². The molecule has 3 aromatic rings. The van der Waals surface area contributed by atoms with Crippen molar-refractivity contribution in [2.24, 2.45) is 5.92 Å². The second-order valence-corrected chi connectivity index (χ2v) is 10.2. The summed E-state index contributed by atoms with van der Waals surface area (Å²) in [6, 6.07) is 14.6. The Morgan fingerprint density at radius 2 is 1.48 bits per heavy atom. The monoisotopic (exact) mass is 544 g/mol. The topological polar surface area (TPSA) is 58.2 Å². The zero-order valence-electron chi connectivity index (χ0n) is 16.5. The third-order valence-electron chi connectivity index (χ3n) is 5.17. The zero-order chi connectivity index (χ0) is 23.9. The van der Waals surface area contributed by atoms with Crippen LogP contribution in [0.2, 0.25) is 15.1 Å². The first-order valence-corrected chi connectivity index (χ1v) is 11.5. The molecule has 1 aliphatic rings. The smallest absolute Gasteiger partial charge is 0.255 e. The van der Waals surface area contributed by atoms with Crippen LogP contribution in [0.25, 0.3) is 0 Å². The minimum Gasteiger partial charge on any atom is -0.324 e. The fourth-order valence-corrected chi connectivity index (χ4v) is 5.07. The summed E-state index contributed by atoms with van der Waals surface area (Å²) in [6.07, 6.45) is 0. The van der Waals surface area contributed by atoms with Crippen molar-refractivity contribution < 1.29 is 14.0 Å². The van der Waals surface area contributed by atoms with Crippen LogP contribution in [-0.2, 0) is 4.79 Å². The standard InChI is InChI=1S/C23H14Cl5FN2O2/c24-13-7-12(8-14(25)10-13)19-20(23(19,27)28)22(33)31-18-9-11(1-6-17(18)26)21(32)30-16-4-2-15(29)3-5-16/h1-10,19-20H,(H,30,32)(H,31,33). The van der Waals surface area contributed by atoms with Crippen LogP contribution in [0.1, 0.15) is 21.8 Å². The van der Waals surface area contributed by atoms with Crippen molar-refractivity contribution in [3.8, 4) is 0 Å². The van der Waals surface area contributed by atoms with Crippen molar-refractivity contribution >= 4 is 81.2 Å². The molecule has 3 aromatic carbocycles. The maximum atomic E-state index is 13.1. The molecule has 2 atom stereocenters. The van der Waals surface area contributed by atoms with Crippen molar-refractivity contribution in [3.05, 3.63) is 92.7 Å². The van der Waals surface area contributed by atoms with Gasteiger partial charge in [-0.1, -0.05) is 34.8 Å². The van der Waals surface area contributed by atoms with Crippen LogP contribution < -0.4 is 10.6 Å². The predicted molar refractivity (Wildman–Crippen MR) is 132 cm³/mol. The molecule has 33 heavy (non-hydrogen) atoms. The lowest BCUT2D eigenvalue weighted by molar-refractivity contribution is -0.117. The Balaban J connectivity index is 1.51. The third-order valence-corrected chi connectivity index (χ3v) is 6.87. The number of hydrogen-bond acceptors (Lipinski definition) is 2.